The molecule has 5 aromatic carbocycles. The van der Waals surface area contributed by atoms with E-state index in [2.05, 4.69) is 134 Å². The van der Waals surface area contributed by atoms with E-state index < -0.39 is 0 Å². The zero-order chi connectivity index (χ0) is 31.0. The SMILES string of the molecule is Cc1c(Sc2nc(-c3ccccc3)nc(-c3cccc(-c4ccccc4)c3)n2)cccc1-n1c2c(c3ccccc31)C=CC(C)C2. The van der Waals surface area contributed by atoms with Crippen LogP contribution in [0, 0.1) is 12.8 Å². The third-order valence-corrected chi connectivity index (χ3v) is 9.72. The molecule has 0 radical (unpaired) electrons. The van der Waals surface area contributed by atoms with Gasteiger partial charge in [-0.1, -0.05) is 122 Å². The number of para-hydroxylation sites is 1. The predicted octanol–water partition coefficient (Wildman–Crippen LogP) is 10.5. The van der Waals surface area contributed by atoms with E-state index in [1.807, 2.05) is 24.3 Å². The van der Waals surface area contributed by atoms with Gasteiger partial charge < -0.3 is 4.57 Å². The molecule has 5 heteroatoms. The van der Waals surface area contributed by atoms with Gasteiger partial charge in [-0.05, 0) is 72.0 Å². The predicted molar refractivity (Wildman–Crippen MR) is 190 cm³/mol. The molecule has 1 atom stereocenters. The first-order valence-corrected chi connectivity index (χ1v) is 16.5. The van der Waals surface area contributed by atoms with Crippen molar-refractivity contribution in [3.8, 4) is 39.6 Å². The van der Waals surface area contributed by atoms with Crippen molar-refractivity contribution in [2.24, 2.45) is 5.92 Å². The molecule has 0 spiro atoms. The van der Waals surface area contributed by atoms with Gasteiger partial charge in [0.1, 0.15) is 0 Å². The molecular weight excluding hydrogens is 581 g/mol. The van der Waals surface area contributed by atoms with Crippen molar-refractivity contribution in [1.29, 1.82) is 0 Å². The standard InChI is InChI=1S/C41H32N4S/c1-27-23-24-34-33-19-9-10-20-36(33)45(37(34)25-27)35-21-12-22-38(28(35)2)46-41-43-39(30-15-7-4-8-16-30)42-40(44-41)32-18-11-17-31(26-32)29-13-5-3-6-14-29/h3-24,26-27H,25H2,1-2H3. The number of benzene rings is 5. The zero-order valence-electron chi connectivity index (χ0n) is 25.8. The maximum absolute atomic E-state index is 5.05. The molecule has 7 aromatic rings. The van der Waals surface area contributed by atoms with E-state index in [-0.39, 0.29) is 0 Å². The lowest BCUT2D eigenvalue weighted by Crippen LogP contribution is -2.09. The average molecular weight is 613 g/mol. The van der Waals surface area contributed by atoms with E-state index in [1.54, 1.807) is 11.8 Å². The van der Waals surface area contributed by atoms with Crippen molar-refractivity contribution >= 4 is 28.7 Å². The Morgan fingerprint density at radius 3 is 2.11 bits per heavy atom. The molecule has 46 heavy (non-hydrogen) atoms. The van der Waals surface area contributed by atoms with E-state index in [9.17, 15) is 0 Å². The van der Waals surface area contributed by atoms with Crippen LogP contribution in [-0.2, 0) is 6.42 Å². The van der Waals surface area contributed by atoms with Gasteiger partial charge in [0.15, 0.2) is 16.8 Å². The van der Waals surface area contributed by atoms with Crippen LogP contribution in [0.4, 0.5) is 0 Å². The molecule has 1 aliphatic rings. The third kappa shape index (κ3) is 5.23. The summed E-state index contributed by atoms with van der Waals surface area (Å²) in [5.41, 5.74) is 10.5. The summed E-state index contributed by atoms with van der Waals surface area (Å²) in [6.45, 7) is 4.50. The van der Waals surface area contributed by atoms with Gasteiger partial charge in [0.25, 0.3) is 0 Å². The number of aromatic nitrogens is 4. The zero-order valence-corrected chi connectivity index (χ0v) is 26.6. The number of hydrogen-bond donors (Lipinski definition) is 0. The van der Waals surface area contributed by atoms with E-state index >= 15 is 0 Å². The lowest BCUT2D eigenvalue weighted by molar-refractivity contribution is 0.690. The second kappa shape index (κ2) is 11.9. The van der Waals surface area contributed by atoms with Crippen molar-refractivity contribution in [2.45, 2.75) is 30.3 Å². The van der Waals surface area contributed by atoms with Gasteiger partial charge in [0, 0.05) is 38.4 Å². The van der Waals surface area contributed by atoms with E-state index in [1.165, 1.54) is 33.4 Å². The van der Waals surface area contributed by atoms with E-state index in [4.69, 9.17) is 15.0 Å². The van der Waals surface area contributed by atoms with Gasteiger partial charge in [-0.2, -0.15) is 0 Å². The Morgan fingerprint density at radius 2 is 1.30 bits per heavy atom. The molecule has 0 bridgehead atoms. The maximum Gasteiger partial charge on any atom is 0.196 e. The Labute approximate surface area is 273 Å². The molecule has 1 unspecified atom stereocenters. The number of allylic oxidation sites excluding steroid dienone is 1. The van der Waals surface area contributed by atoms with Crippen LogP contribution in [0.15, 0.2) is 144 Å². The first-order valence-electron chi connectivity index (χ1n) is 15.7. The average Bonchev–Trinajstić information content (AvgIpc) is 3.43. The lowest BCUT2D eigenvalue weighted by Gasteiger charge is -2.19. The van der Waals surface area contributed by atoms with Crippen LogP contribution < -0.4 is 0 Å². The fourth-order valence-electron chi connectivity index (χ4n) is 6.38. The molecule has 4 nitrogen and oxygen atoms in total. The summed E-state index contributed by atoms with van der Waals surface area (Å²) >= 11 is 1.60. The van der Waals surface area contributed by atoms with Gasteiger partial charge in [-0.3, -0.25) is 0 Å². The van der Waals surface area contributed by atoms with Gasteiger partial charge in [-0.25, -0.2) is 15.0 Å². The van der Waals surface area contributed by atoms with Crippen molar-refractivity contribution in [1.82, 2.24) is 19.5 Å². The van der Waals surface area contributed by atoms with Crippen molar-refractivity contribution < 1.29 is 0 Å². The molecule has 0 amide bonds. The van der Waals surface area contributed by atoms with Gasteiger partial charge in [0.05, 0.1) is 5.52 Å². The summed E-state index contributed by atoms with van der Waals surface area (Å²) < 4.78 is 2.47. The highest BCUT2D eigenvalue weighted by atomic mass is 32.2. The summed E-state index contributed by atoms with van der Waals surface area (Å²) in [5, 5.41) is 1.97. The summed E-state index contributed by atoms with van der Waals surface area (Å²) in [6.07, 6.45) is 5.65. The molecule has 0 saturated carbocycles. The fourth-order valence-corrected chi connectivity index (χ4v) is 7.25. The molecule has 0 aliphatic heterocycles. The third-order valence-electron chi connectivity index (χ3n) is 8.70. The molecule has 8 rings (SSSR count). The summed E-state index contributed by atoms with van der Waals surface area (Å²) in [6, 6.07) is 44.3. The Morgan fingerprint density at radius 1 is 0.652 bits per heavy atom. The second-order valence-electron chi connectivity index (χ2n) is 11.8. The first kappa shape index (κ1) is 28.2. The molecule has 2 aromatic heterocycles. The molecular formula is C41H32N4S. The minimum Gasteiger partial charge on any atom is -0.313 e. The maximum atomic E-state index is 5.05. The summed E-state index contributed by atoms with van der Waals surface area (Å²) in [7, 11) is 0. The highest BCUT2D eigenvalue weighted by molar-refractivity contribution is 7.99. The Balaban J connectivity index is 1.23. The van der Waals surface area contributed by atoms with Crippen molar-refractivity contribution in [2.75, 3.05) is 0 Å². The smallest absolute Gasteiger partial charge is 0.196 e. The lowest BCUT2D eigenvalue weighted by atomic mass is 9.94. The summed E-state index contributed by atoms with van der Waals surface area (Å²) in [5.74, 6) is 1.82. The Kier molecular flexibility index (Phi) is 7.31. The van der Waals surface area contributed by atoms with Crippen LogP contribution in [-0.4, -0.2) is 19.5 Å². The molecule has 2 heterocycles. The minimum absolute atomic E-state index is 0.494. The topological polar surface area (TPSA) is 43.6 Å². The number of nitrogens with zero attached hydrogens (tertiary/aromatic N) is 4. The Hall–Kier alpha value is -5.26. The first-order chi connectivity index (χ1) is 22.6. The monoisotopic (exact) mass is 612 g/mol. The molecule has 1 aliphatic carbocycles. The van der Waals surface area contributed by atoms with Crippen LogP contribution in [0.2, 0.25) is 0 Å². The highest BCUT2D eigenvalue weighted by Crippen LogP contribution is 2.39. The fraction of sp³-hybridized carbons (Fsp3) is 0.0976. The number of rotatable bonds is 6. The molecule has 222 valence electrons. The van der Waals surface area contributed by atoms with E-state index in [0.717, 1.165) is 33.6 Å². The molecule has 0 saturated heterocycles. The highest BCUT2D eigenvalue weighted by Gasteiger charge is 2.22. The van der Waals surface area contributed by atoms with Crippen LogP contribution in [0.3, 0.4) is 0 Å². The van der Waals surface area contributed by atoms with Gasteiger partial charge in [0.2, 0.25) is 0 Å². The second-order valence-corrected chi connectivity index (χ2v) is 12.8. The van der Waals surface area contributed by atoms with Crippen molar-refractivity contribution in [3.63, 3.8) is 0 Å². The van der Waals surface area contributed by atoms with E-state index in [0.29, 0.717) is 22.7 Å². The van der Waals surface area contributed by atoms with Crippen LogP contribution in [0.1, 0.15) is 23.7 Å². The summed E-state index contributed by atoms with van der Waals surface area (Å²) in [4.78, 5) is 16.1. The van der Waals surface area contributed by atoms with Gasteiger partial charge in [-0.15, -0.1) is 0 Å². The molecule has 0 N–H and O–H groups in total. The largest absolute Gasteiger partial charge is 0.313 e. The quantitative estimate of drug-likeness (QED) is 0.187. The number of hydrogen-bond acceptors (Lipinski definition) is 4. The van der Waals surface area contributed by atoms with Crippen molar-refractivity contribution in [3.05, 3.63) is 150 Å². The normalized spacial score (nSPS) is 14.0. The minimum atomic E-state index is 0.494. The van der Waals surface area contributed by atoms with Crippen LogP contribution in [0.25, 0.3) is 56.6 Å². The van der Waals surface area contributed by atoms with Crippen LogP contribution >= 0.6 is 11.8 Å². The molecule has 0 fully saturated rings. The van der Waals surface area contributed by atoms with Crippen LogP contribution in [0.5, 0.6) is 0 Å². The van der Waals surface area contributed by atoms with Gasteiger partial charge >= 0.3 is 0 Å². The number of fused-ring (bicyclic) bond motifs is 3. The Bertz CT molecular complexity index is 2240.